The molecule has 1 heterocycles. The van der Waals surface area contributed by atoms with E-state index in [1.807, 2.05) is 6.92 Å². The number of nitrogens with zero attached hydrogens (tertiary/aromatic N) is 2. The van der Waals surface area contributed by atoms with Crippen molar-refractivity contribution >= 4 is 5.69 Å². The van der Waals surface area contributed by atoms with Gasteiger partial charge in [-0.05, 0) is 18.6 Å². The number of nitrogen functional groups attached to an aromatic ring is 1. The Labute approximate surface area is 120 Å². The second-order valence-corrected chi connectivity index (χ2v) is 4.64. The van der Waals surface area contributed by atoms with Gasteiger partial charge in [0.25, 0.3) is 0 Å². The molecule has 114 valence electrons. The molecule has 1 aromatic carbocycles. The van der Waals surface area contributed by atoms with Gasteiger partial charge in [0.15, 0.2) is 0 Å². The van der Waals surface area contributed by atoms with E-state index in [1.165, 1.54) is 22.9 Å². The molecule has 0 amide bonds. The van der Waals surface area contributed by atoms with Crippen LogP contribution in [0.3, 0.4) is 0 Å². The zero-order valence-electron chi connectivity index (χ0n) is 11.7. The van der Waals surface area contributed by atoms with Gasteiger partial charge >= 0.3 is 6.18 Å². The van der Waals surface area contributed by atoms with Crippen molar-refractivity contribution in [1.29, 1.82) is 0 Å². The molecule has 0 bridgehead atoms. The number of hydrogen-bond acceptors (Lipinski definition) is 3. The van der Waals surface area contributed by atoms with Crippen molar-refractivity contribution in [3.63, 3.8) is 0 Å². The average molecular weight is 299 g/mol. The third kappa shape index (κ3) is 3.12. The van der Waals surface area contributed by atoms with Crippen molar-refractivity contribution in [3.05, 3.63) is 35.5 Å². The Morgan fingerprint density at radius 1 is 1.29 bits per heavy atom. The van der Waals surface area contributed by atoms with Gasteiger partial charge in [-0.2, -0.15) is 18.3 Å². The first kappa shape index (κ1) is 15.2. The summed E-state index contributed by atoms with van der Waals surface area (Å²) < 4.78 is 45.6. The lowest BCUT2D eigenvalue weighted by molar-refractivity contribution is -0.138. The molecule has 2 N–H and O–H groups in total. The number of ether oxygens (including phenoxy) is 1. The van der Waals surface area contributed by atoms with Crippen LogP contribution in [0.4, 0.5) is 18.9 Å². The van der Waals surface area contributed by atoms with E-state index in [4.69, 9.17) is 10.5 Å². The summed E-state index contributed by atoms with van der Waals surface area (Å²) in [5.74, 6) is -0.169. The quantitative estimate of drug-likeness (QED) is 0.935. The number of alkyl halides is 3. The van der Waals surface area contributed by atoms with Crippen LogP contribution >= 0.6 is 0 Å². The van der Waals surface area contributed by atoms with Crippen LogP contribution in [0.25, 0.3) is 0 Å². The van der Waals surface area contributed by atoms with E-state index in [1.54, 1.807) is 7.05 Å². The summed E-state index contributed by atoms with van der Waals surface area (Å²) in [5, 5.41) is 4.17. The number of anilines is 1. The number of hydrogen-bond donors (Lipinski definition) is 1. The standard InChI is InChI=1S/C14H16F3N3O/c1-3-6-10-12(18)13(20(2)19-10)21-11-8-5-4-7-9(11)14(15,16)17/h4-5,7-8H,3,6,18H2,1-2H3. The van der Waals surface area contributed by atoms with E-state index in [-0.39, 0.29) is 17.3 Å². The van der Waals surface area contributed by atoms with E-state index in [9.17, 15) is 13.2 Å². The molecular formula is C14H16F3N3O. The third-order valence-corrected chi connectivity index (χ3v) is 2.99. The smallest absolute Gasteiger partial charge is 0.419 e. The van der Waals surface area contributed by atoms with Crippen molar-refractivity contribution in [3.8, 4) is 11.6 Å². The summed E-state index contributed by atoms with van der Waals surface area (Å²) in [5.41, 5.74) is 5.96. The maximum Gasteiger partial charge on any atom is 0.419 e. The van der Waals surface area contributed by atoms with Crippen LogP contribution in [0.5, 0.6) is 11.6 Å². The number of aromatic nitrogens is 2. The second-order valence-electron chi connectivity index (χ2n) is 4.64. The lowest BCUT2D eigenvalue weighted by Crippen LogP contribution is -2.08. The SMILES string of the molecule is CCCc1nn(C)c(Oc2ccccc2C(F)(F)F)c1N. The van der Waals surface area contributed by atoms with Gasteiger partial charge in [0.05, 0.1) is 11.3 Å². The molecule has 0 aliphatic rings. The number of aryl methyl sites for hydroxylation is 2. The molecule has 0 spiro atoms. The normalized spacial score (nSPS) is 11.7. The molecule has 7 heteroatoms. The van der Waals surface area contributed by atoms with Crippen molar-refractivity contribution < 1.29 is 17.9 Å². The predicted molar refractivity (Wildman–Crippen MR) is 73.1 cm³/mol. The van der Waals surface area contributed by atoms with E-state index >= 15 is 0 Å². The molecule has 0 saturated heterocycles. The molecular weight excluding hydrogens is 283 g/mol. The van der Waals surface area contributed by atoms with Gasteiger partial charge in [-0.15, -0.1) is 0 Å². The minimum atomic E-state index is -4.49. The van der Waals surface area contributed by atoms with Crippen LogP contribution in [-0.4, -0.2) is 9.78 Å². The Morgan fingerprint density at radius 3 is 2.57 bits per heavy atom. The molecule has 0 aliphatic heterocycles. The van der Waals surface area contributed by atoms with Crippen LogP contribution in [0, 0.1) is 0 Å². The number of benzene rings is 1. The molecule has 0 radical (unpaired) electrons. The topological polar surface area (TPSA) is 53.1 Å². The fourth-order valence-electron chi connectivity index (χ4n) is 2.01. The predicted octanol–water partition coefficient (Wildman–Crippen LogP) is 3.77. The van der Waals surface area contributed by atoms with Crippen LogP contribution < -0.4 is 10.5 Å². The average Bonchev–Trinajstić information content (AvgIpc) is 2.66. The summed E-state index contributed by atoms with van der Waals surface area (Å²) in [4.78, 5) is 0. The number of halogens is 3. The first-order valence-electron chi connectivity index (χ1n) is 6.50. The molecule has 2 rings (SSSR count). The number of para-hydroxylation sites is 1. The molecule has 4 nitrogen and oxygen atoms in total. The van der Waals surface area contributed by atoms with Crippen LogP contribution in [0.2, 0.25) is 0 Å². The molecule has 1 aromatic heterocycles. The van der Waals surface area contributed by atoms with Crippen molar-refractivity contribution in [2.45, 2.75) is 25.9 Å². The fourth-order valence-corrected chi connectivity index (χ4v) is 2.01. The maximum atomic E-state index is 12.9. The summed E-state index contributed by atoms with van der Waals surface area (Å²) >= 11 is 0. The van der Waals surface area contributed by atoms with Gasteiger partial charge < -0.3 is 10.5 Å². The molecule has 2 aromatic rings. The van der Waals surface area contributed by atoms with E-state index in [0.29, 0.717) is 12.1 Å². The zero-order valence-corrected chi connectivity index (χ0v) is 11.7. The Kier molecular flexibility index (Phi) is 4.11. The van der Waals surface area contributed by atoms with Gasteiger partial charge in [-0.25, -0.2) is 4.68 Å². The summed E-state index contributed by atoms with van der Waals surface area (Å²) in [6.07, 6.45) is -3.01. The van der Waals surface area contributed by atoms with Crippen LogP contribution in [0.15, 0.2) is 24.3 Å². The summed E-state index contributed by atoms with van der Waals surface area (Å²) in [7, 11) is 1.58. The maximum absolute atomic E-state index is 12.9. The fraction of sp³-hybridized carbons (Fsp3) is 0.357. The molecule has 0 unspecified atom stereocenters. The molecule has 0 fully saturated rings. The summed E-state index contributed by atoms with van der Waals surface area (Å²) in [6, 6.07) is 5.01. The van der Waals surface area contributed by atoms with E-state index in [2.05, 4.69) is 5.10 Å². The first-order valence-corrected chi connectivity index (χ1v) is 6.50. The zero-order chi connectivity index (χ0) is 15.6. The van der Waals surface area contributed by atoms with Gasteiger partial charge in [0, 0.05) is 7.05 Å². The molecule has 0 atom stereocenters. The highest BCUT2D eigenvalue weighted by Gasteiger charge is 2.34. The van der Waals surface area contributed by atoms with E-state index in [0.717, 1.165) is 12.5 Å². The minimum Gasteiger partial charge on any atom is -0.437 e. The van der Waals surface area contributed by atoms with Crippen molar-refractivity contribution in [1.82, 2.24) is 9.78 Å². The first-order chi connectivity index (χ1) is 9.84. The molecule has 0 aliphatic carbocycles. The van der Waals surface area contributed by atoms with Crippen LogP contribution in [0.1, 0.15) is 24.6 Å². The third-order valence-electron chi connectivity index (χ3n) is 2.99. The highest BCUT2D eigenvalue weighted by molar-refractivity contribution is 5.55. The monoisotopic (exact) mass is 299 g/mol. The highest BCUT2D eigenvalue weighted by Crippen LogP contribution is 2.39. The minimum absolute atomic E-state index is 0.121. The van der Waals surface area contributed by atoms with E-state index < -0.39 is 11.7 Å². The van der Waals surface area contributed by atoms with Crippen molar-refractivity contribution in [2.24, 2.45) is 7.05 Å². The lowest BCUT2D eigenvalue weighted by atomic mass is 10.2. The number of rotatable bonds is 4. The van der Waals surface area contributed by atoms with Gasteiger partial charge in [-0.1, -0.05) is 25.5 Å². The lowest BCUT2D eigenvalue weighted by Gasteiger charge is -2.13. The van der Waals surface area contributed by atoms with Gasteiger partial charge in [0.2, 0.25) is 5.88 Å². The number of nitrogens with two attached hydrogens (primary N) is 1. The largest absolute Gasteiger partial charge is 0.437 e. The second kappa shape index (κ2) is 5.67. The highest BCUT2D eigenvalue weighted by atomic mass is 19.4. The molecule has 21 heavy (non-hydrogen) atoms. The molecule has 0 saturated carbocycles. The van der Waals surface area contributed by atoms with Gasteiger partial charge in [0.1, 0.15) is 11.4 Å². The Hall–Kier alpha value is -2.18. The Morgan fingerprint density at radius 2 is 1.95 bits per heavy atom. The Bertz CT molecular complexity index is 635. The summed E-state index contributed by atoms with van der Waals surface area (Å²) in [6.45, 7) is 1.97. The van der Waals surface area contributed by atoms with Crippen molar-refractivity contribution in [2.75, 3.05) is 5.73 Å². The van der Waals surface area contributed by atoms with Gasteiger partial charge in [-0.3, -0.25) is 0 Å². The van der Waals surface area contributed by atoms with Crippen LogP contribution in [-0.2, 0) is 19.6 Å². The Balaban J connectivity index is 2.40.